The predicted octanol–water partition coefficient (Wildman–Crippen LogP) is 4.83. The molecule has 0 aromatic heterocycles. The van der Waals surface area contributed by atoms with Gasteiger partial charge in [0.15, 0.2) is 5.78 Å². The van der Waals surface area contributed by atoms with E-state index in [1.165, 1.54) is 18.9 Å². The smallest absolute Gasteiger partial charge is 0.192 e. The Labute approximate surface area is 158 Å². The normalized spacial score (nSPS) is 16.3. The molecule has 6 heteroatoms. The van der Waals surface area contributed by atoms with Crippen LogP contribution in [0.4, 0.5) is 0 Å². The Balaban J connectivity index is 2.32. The topological polar surface area (TPSA) is 49.8 Å². The highest BCUT2D eigenvalue weighted by molar-refractivity contribution is 8.07. The van der Waals surface area contributed by atoms with Gasteiger partial charge in [0.05, 0.1) is 23.3 Å². The van der Waals surface area contributed by atoms with Crippen LogP contribution in [0.15, 0.2) is 40.4 Å². The van der Waals surface area contributed by atoms with E-state index in [1.807, 2.05) is 11.1 Å². The number of methoxy groups -OCH3 is 1. The lowest BCUT2D eigenvalue weighted by molar-refractivity contribution is 0.104. The van der Waals surface area contributed by atoms with Crippen molar-refractivity contribution in [2.45, 2.75) is 39.2 Å². The number of ether oxygens (including phenoxy) is 1. The van der Waals surface area contributed by atoms with Crippen molar-refractivity contribution in [2.75, 3.05) is 13.7 Å². The number of benzene rings is 1. The fourth-order valence-electron chi connectivity index (χ4n) is 2.36. The van der Waals surface area contributed by atoms with Gasteiger partial charge in [-0.3, -0.25) is 4.79 Å². The summed E-state index contributed by atoms with van der Waals surface area (Å²) in [5.41, 5.74) is -0.517. The van der Waals surface area contributed by atoms with Crippen molar-refractivity contribution < 1.29 is 14.6 Å². The van der Waals surface area contributed by atoms with Crippen LogP contribution in [0.25, 0.3) is 0 Å². The van der Waals surface area contributed by atoms with Gasteiger partial charge in [-0.2, -0.15) is 0 Å². The number of aliphatic hydroxyl groups is 1. The highest BCUT2D eigenvalue weighted by atomic mass is 35.5. The average molecular weight is 382 g/mol. The van der Waals surface area contributed by atoms with Gasteiger partial charge in [-0.25, -0.2) is 0 Å². The molecule has 0 saturated carbocycles. The molecule has 0 atom stereocenters. The number of thioether (sulfide) groups is 1. The lowest BCUT2D eigenvalue weighted by Gasteiger charge is -2.17. The molecule has 0 saturated heterocycles. The summed E-state index contributed by atoms with van der Waals surface area (Å²) >= 11 is 7.45. The molecular formula is C19H24ClNO3S. The second-order valence-electron chi connectivity index (χ2n) is 6.39. The molecular weight excluding hydrogens is 358 g/mol. The number of rotatable bonds is 7. The molecule has 25 heavy (non-hydrogen) atoms. The zero-order valence-electron chi connectivity index (χ0n) is 15.0. The van der Waals surface area contributed by atoms with Crippen LogP contribution >= 0.6 is 23.4 Å². The summed E-state index contributed by atoms with van der Waals surface area (Å²) in [6.45, 7) is 6.41. The van der Waals surface area contributed by atoms with Gasteiger partial charge in [0.2, 0.25) is 0 Å². The van der Waals surface area contributed by atoms with E-state index in [0.717, 1.165) is 29.3 Å². The maximum Gasteiger partial charge on any atom is 0.192 e. The van der Waals surface area contributed by atoms with Gasteiger partial charge < -0.3 is 14.7 Å². The number of allylic oxidation sites excluding steroid dienone is 1. The third kappa shape index (κ3) is 5.03. The van der Waals surface area contributed by atoms with Crippen molar-refractivity contribution in [1.29, 1.82) is 0 Å². The Morgan fingerprint density at radius 1 is 1.44 bits per heavy atom. The van der Waals surface area contributed by atoms with Crippen molar-refractivity contribution in [1.82, 2.24) is 4.90 Å². The highest BCUT2D eigenvalue weighted by Crippen LogP contribution is 2.42. The molecule has 1 aromatic rings. The first-order valence-corrected chi connectivity index (χ1v) is 9.44. The first kappa shape index (κ1) is 19.9. The minimum Gasteiger partial charge on any atom is -0.496 e. The molecule has 0 bridgehead atoms. The van der Waals surface area contributed by atoms with Crippen molar-refractivity contribution in [3.8, 4) is 5.75 Å². The van der Waals surface area contributed by atoms with Crippen LogP contribution in [0.3, 0.4) is 0 Å². The predicted molar refractivity (Wildman–Crippen MR) is 104 cm³/mol. The number of ketones is 1. The van der Waals surface area contributed by atoms with Gasteiger partial charge in [0.25, 0.3) is 0 Å². The Morgan fingerprint density at radius 3 is 2.76 bits per heavy atom. The minimum atomic E-state index is -0.943. The van der Waals surface area contributed by atoms with E-state index < -0.39 is 5.60 Å². The highest BCUT2D eigenvalue weighted by Gasteiger charge is 2.29. The van der Waals surface area contributed by atoms with Crippen molar-refractivity contribution >= 4 is 29.1 Å². The van der Waals surface area contributed by atoms with Gasteiger partial charge in [-0.1, -0.05) is 36.7 Å². The minimum absolute atomic E-state index is 0.172. The molecule has 0 amide bonds. The fraction of sp³-hybridized carbons (Fsp3) is 0.421. The summed E-state index contributed by atoms with van der Waals surface area (Å²) in [6.07, 6.45) is 5.57. The number of unbranched alkanes of at least 4 members (excludes halogenated alkanes) is 1. The number of halogens is 1. The molecule has 0 unspecified atom stereocenters. The summed E-state index contributed by atoms with van der Waals surface area (Å²) in [5, 5.41) is 11.6. The molecule has 0 aliphatic carbocycles. The molecule has 1 heterocycles. The van der Waals surface area contributed by atoms with Crippen LogP contribution < -0.4 is 4.74 Å². The summed E-state index contributed by atoms with van der Waals surface area (Å²) in [5.74, 6) is 0.318. The van der Waals surface area contributed by atoms with Crippen molar-refractivity contribution in [3.05, 3.63) is 51.0 Å². The second kappa shape index (κ2) is 8.30. The van der Waals surface area contributed by atoms with E-state index in [0.29, 0.717) is 16.3 Å². The molecule has 1 N–H and O–H groups in total. The van der Waals surface area contributed by atoms with Crippen LogP contribution in [0, 0.1) is 0 Å². The zero-order chi connectivity index (χ0) is 18.6. The number of nitrogens with zero attached hydrogens (tertiary/aromatic N) is 1. The Morgan fingerprint density at radius 2 is 2.16 bits per heavy atom. The van der Waals surface area contributed by atoms with Crippen LogP contribution in [0.1, 0.15) is 44.0 Å². The molecule has 4 nitrogen and oxygen atoms in total. The van der Waals surface area contributed by atoms with Gasteiger partial charge in [0.1, 0.15) is 5.75 Å². The first-order valence-electron chi connectivity index (χ1n) is 8.25. The number of hydrogen-bond acceptors (Lipinski definition) is 5. The molecule has 0 radical (unpaired) electrons. The van der Waals surface area contributed by atoms with Gasteiger partial charge in [0, 0.05) is 28.7 Å². The summed E-state index contributed by atoms with van der Waals surface area (Å²) in [7, 11) is 1.53. The van der Waals surface area contributed by atoms with E-state index in [-0.39, 0.29) is 5.78 Å². The molecule has 0 spiro atoms. The van der Waals surface area contributed by atoms with E-state index >= 15 is 0 Å². The third-order valence-electron chi connectivity index (χ3n) is 3.81. The standard InChI is InChI=1S/C19H24ClNO3S/c1-5-6-9-21-12-17(19(2,3)23)25-18(21)11-15(22)14-10-13(20)7-8-16(14)24-4/h7-8,10-12,23H,5-6,9H2,1-4H3/b18-11-. The monoisotopic (exact) mass is 381 g/mol. The Kier molecular flexibility index (Phi) is 6.60. The molecule has 1 aliphatic rings. The third-order valence-corrected chi connectivity index (χ3v) is 5.43. The van der Waals surface area contributed by atoms with E-state index in [9.17, 15) is 9.90 Å². The van der Waals surface area contributed by atoms with Gasteiger partial charge in [-0.15, -0.1) is 0 Å². The van der Waals surface area contributed by atoms with Crippen molar-refractivity contribution in [2.24, 2.45) is 0 Å². The lowest BCUT2D eigenvalue weighted by Crippen LogP contribution is -2.19. The van der Waals surface area contributed by atoms with Crippen molar-refractivity contribution in [3.63, 3.8) is 0 Å². The maximum atomic E-state index is 12.8. The molecule has 0 fully saturated rings. The SMILES string of the molecule is CCCCN1C=C(C(C)(C)O)S/C1=C\C(=O)c1cc(Cl)ccc1OC. The quantitative estimate of drug-likeness (QED) is 0.541. The average Bonchev–Trinajstić information content (AvgIpc) is 2.95. The van der Waals surface area contributed by atoms with Crippen LogP contribution in [-0.4, -0.2) is 35.0 Å². The molecule has 2 rings (SSSR count). The number of carbonyl (C=O) groups excluding carboxylic acids is 1. The Hall–Kier alpha value is -1.43. The van der Waals surface area contributed by atoms with Crippen LogP contribution in [-0.2, 0) is 0 Å². The lowest BCUT2D eigenvalue weighted by atomic mass is 10.1. The molecule has 136 valence electrons. The molecule has 1 aliphatic heterocycles. The molecule has 1 aromatic carbocycles. The summed E-state index contributed by atoms with van der Waals surface area (Å²) < 4.78 is 5.27. The second-order valence-corrected chi connectivity index (χ2v) is 7.89. The maximum absolute atomic E-state index is 12.8. The summed E-state index contributed by atoms with van der Waals surface area (Å²) in [6, 6.07) is 4.99. The van der Waals surface area contributed by atoms with Crippen LogP contribution in [0.5, 0.6) is 5.75 Å². The van der Waals surface area contributed by atoms with E-state index in [2.05, 4.69) is 6.92 Å². The summed E-state index contributed by atoms with van der Waals surface area (Å²) in [4.78, 5) is 15.6. The van der Waals surface area contributed by atoms with Gasteiger partial charge in [-0.05, 0) is 38.5 Å². The van der Waals surface area contributed by atoms with Gasteiger partial charge >= 0.3 is 0 Å². The van der Waals surface area contributed by atoms with E-state index in [1.54, 1.807) is 38.1 Å². The number of carbonyl (C=O) groups is 1. The largest absolute Gasteiger partial charge is 0.496 e. The van der Waals surface area contributed by atoms with Crippen LogP contribution in [0.2, 0.25) is 5.02 Å². The van der Waals surface area contributed by atoms with E-state index in [4.69, 9.17) is 16.3 Å². The zero-order valence-corrected chi connectivity index (χ0v) is 16.6. The fourth-order valence-corrected chi connectivity index (χ4v) is 3.62. The first-order chi connectivity index (χ1) is 11.8. The Bertz CT molecular complexity index is 707. The number of hydrogen-bond donors (Lipinski definition) is 1.